The largest absolute Gasteiger partial charge is 0.369 e. The number of carbonyl (C=O) groups excluding carboxylic acids is 2. The van der Waals surface area contributed by atoms with E-state index < -0.39 is 11.8 Å². The molecule has 1 aromatic heterocycles. The van der Waals surface area contributed by atoms with Crippen LogP contribution in [0.5, 0.6) is 0 Å². The van der Waals surface area contributed by atoms with Crippen LogP contribution in [0.4, 0.5) is 5.82 Å². The van der Waals surface area contributed by atoms with E-state index in [9.17, 15) is 9.59 Å². The molecule has 17 heavy (non-hydrogen) atoms. The summed E-state index contributed by atoms with van der Waals surface area (Å²) in [7, 11) is 0. The van der Waals surface area contributed by atoms with Crippen LogP contribution in [0, 0.1) is 5.92 Å². The van der Waals surface area contributed by atoms with Gasteiger partial charge in [-0.3, -0.25) is 14.5 Å². The molecule has 1 atom stereocenters. The zero-order valence-corrected chi connectivity index (χ0v) is 10.1. The Balaban J connectivity index is 2.32. The lowest BCUT2D eigenvalue weighted by molar-refractivity contribution is -0.123. The summed E-state index contributed by atoms with van der Waals surface area (Å²) in [4.78, 5) is 31.6. The molecule has 1 aliphatic heterocycles. The first-order valence-corrected chi connectivity index (χ1v) is 5.52. The maximum atomic E-state index is 11.7. The molecule has 6 nitrogen and oxygen atoms in total. The normalized spacial score (nSPS) is 19.8. The van der Waals surface area contributed by atoms with E-state index in [2.05, 4.69) is 9.97 Å². The number of aromatic nitrogens is 2. The lowest BCUT2D eigenvalue weighted by Crippen LogP contribution is -2.29. The minimum atomic E-state index is -0.521. The molecule has 2 rings (SSSR count). The highest BCUT2D eigenvalue weighted by Gasteiger charge is 2.35. The van der Waals surface area contributed by atoms with E-state index >= 15 is 0 Å². The van der Waals surface area contributed by atoms with E-state index in [4.69, 9.17) is 28.9 Å². The second-order valence-electron chi connectivity index (χ2n) is 3.61. The molecule has 0 aromatic carbocycles. The molecule has 2 amide bonds. The number of amides is 2. The molecular weight excluding hydrogens is 267 g/mol. The third kappa shape index (κ3) is 2.18. The van der Waals surface area contributed by atoms with Gasteiger partial charge >= 0.3 is 0 Å². The third-order valence-electron chi connectivity index (χ3n) is 2.51. The Morgan fingerprint density at radius 2 is 2.18 bits per heavy atom. The van der Waals surface area contributed by atoms with Gasteiger partial charge in [0.1, 0.15) is 11.3 Å². The Morgan fingerprint density at radius 1 is 1.47 bits per heavy atom. The summed E-state index contributed by atoms with van der Waals surface area (Å²) in [6.45, 7) is 0.168. The molecule has 1 aliphatic rings. The molecule has 2 heterocycles. The number of nitrogens with two attached hydrogens (primary N) is 1. The van der Waals surface area contributed by atoms with Crippen molar-refractivity contribution in [3.8, 4) is 0 Å². The molecule has 8 heteroatoms. The number of hydrogen-bond donors (Lipinski definition) is 1. The SMILES string of the molecule is NC(=O)C1CC(=O)N(c2ncnc(Cl)c2Cl)C1. The number of nitrogens with zero attached hydrogens (tertiary/aromatic N) is 3. The van der Waals surface area contributed by atoms with Crippen LogP contribution in [0.3, 0.4) is 0 Å². The summed E-state index contributed by atoms with van der Waals surface area (Å²) >= 11 is 11.6. The fourth-order valence-corrected chi connectivity index (χ4v) is 1.96. The molecule has 0 bridgehead atoms. The van der Waals surface area contributed by atoms with Crippen LogP contribution in [0.15, 0.2) is 6.33 Å². The van der Waals surface area contributed by atoms with E-state index in [0.29, 0.717) is 0 Å². The number of rotatable bonds is 2. The van der Waals surface area contributed by atoms with Gasteiger partial charge in [-0.2, -0.15) is 0 Å². The number of anilines is 1. The summed E-state index contributed by atoms with van der Waals surface area (Å²) in [5.74, 6) is -1.09. The average Bonchev–Trinajstić information content (AvgIpc) is 2.65. The smallest absolute Gasteiger partial charge is 0.229 e. The first-order chi connectivity index (χ1) is 8.00. The molecule has 1 unspecified atom stereocenters. The fourth-order valence-electron chi connectivity index (χ4n) is 1.63. The van der Waals surface area contributed by atoms with Crippen molar-refractivity contribution < 1.29 is 9.59 Å². The van der Waals surface area contributed by atoms with Crippen molar-refractivity contribution in [1.29, 1.82) is 0 Å². The maximum Gasteiger partial charge on any atom is 0.229 e. The van der Waals surface area contributed by atoms with Crippen LogP contribution in [0.2, 0.25) is 10.2 Å². The van der Waals surface area contributed by atoms with Crippen LogP contribution in [-0.2, 0) is 9.59 Å². The van der Waals surface area contributed by atoms with Gasteiger partial charge in [-0.25, -0.2) is 9.97 Å². The van der Waals surface area contributed by atoms with Gasteiger partial charge in [0.05, 0.1) is 5.92 Å². The second-order valence-corrected chi connectivity index (χ2v) is 4.35. The van der Waals surface area contributed by atoms with E-state index in [0.717, 1.165) is 0 Å². The average molecular weight is 275 g/mol. The monoisotopic (exact) mass is 274 g/mol. The van der Waals surface area contributed by atoms with Gasteiger partial charge in [0.15, 0.2) is 11.0 Å². The topological polar surface area (TPSA) is 89.2 Å². The molecule has 0 saturated carbocycles. The zero-order valence-electron chi connectivity index (χ0n) is 8.56. The van der Waals surface area contributed by atoms with Crippen LogP contribution in [0.1, 0.15) is 6.42 Å². The van der Waals surface area contributed by atoms with Gasteiger partial charge in [-0.1, -0.05) is 23.2 Å². The minimum Gasteiger partial charge on any atom is -0.369 e. The van der Waals surface area contributed by atoms with Gasteiger partial charge in [0.2, 0.25) is 11.8 Å². The van der Waals surface area contributed by atoms with E-state index in [1.807, 2.05) is 0 Å². The van der Waals surface area contributed by atoms with Crippen molar-refractivity contribution in [3.05, 3.63) is 16.5 Å². The lowest BCUT2D eigenvalue weighted by atomic mass is 10.1. The van der Waals surface area contributed by atoms with Gasteiger partial charge in [-0.05, 0) is 0 Å². The van der Waals surface area contributed by atoms with Crippen molar-refractivity contribution >= 4 is 40.8 Å². The van der Waals surface area contributed by atoms with Gasteiger partial charge in [-0.15, -0.1) is 0 Å². The summed E-state index contributed by atoms with van der Waals surface area (Å²) in [6.07, 6.45) is 1.27. The molecule has 2 N–H and O–H groups in total. The van der Waals surface area contributed by atoms with E-state index in [1.54, 1.807) is 0 Å². The highest BCUT2D eigenvalue weighted by atomic mass is 35.5. The van der Waals surface area contributed by atoms with Gasteiger partial charge < -0.3 is 5.73 Å². The highest BCUT2D eigenvalue weighted by molar-refractivity contribution is 6.43. The Bertz CT molecular complexity index is 494. The first kappa shape index (κ1) is 12.1. The molecular formula is C9H8Cl2N4O2. The number of primary amides is 1. The molecule has 1 aromatic rings. The summed E-state index contributed by atoms with van der Waals surface area (Å²) in [5, 5.41) is 0.152. The number of hydrogen-bond acceptors (Lipinski definition) is 4. The Hall–Kier alpha value is -1.40. The van der Waals surface area contributed by atoms with E-state index in [1.165, 1.54) is 11.2 Å². The quantitative estimate of drug-likeness (QED) is 0.801. The van der Waals surface area contributed by atoms with Crippen LogP contribution in [0.25, 0.3) is 0 Å². The van der Waals surface area contributed by atoms with Gasteiger partial charge in [0, 0.05) is 13.0 Å². The Morgan fingerprint density at radius 3 is 2.76 bits per heavy atom. The molecule has 90 valence electrons. The minimum absolute atomic E-state index is 0.0620. The summed E-state index contributed by atoms with van der Waals surface area (Å²) < 4.78 is 0. The maximum absolute atomic E-state index is 11.7. The predicted octanol–water partition coefficient (Wildman–Crippen LogP) is 0.622. The Labute approximate surface area is 107 Å². The van der Waals surface area contributed by atoms with Crippen molar-refractivity contribution in [3.63, 3.8) is 0 Å². The third-order valence-corrected chi connectivity index (χ3v) is 3.24. The number of carbonyl (C=O) groups is 2. The van der Waals surface area contributed by atoms with Crippen molar-refractivity contribution in [1.82, 2.24) is 9.97 Å². The molecule has 0 radical (unpaired) electrons. The fraction of sp³-hybridized carbons (Fsp3) is 0.333. The Kier molecular flexibility index (Phi) is 3.17. The standard InChI is InChI=1S/C9H8Cl2N4O2/c10-6-7(11)13-3-14-9(6)15-2-4(8(12)17)1-5(15)16/h3-4H,1-2H2,(H2,12,17). The van der Waals surface area contributed by atoms with Crippen LogP contribution < -0.4 is 10.6 Å². The predicted molar refractivity (Wildman–Crippen MR) is 61.7 cm³/mol. The highest BCUT2D eigenvalue weighted by Crippen LogP contribution is 2.32. The van der Waals surface area contributed by atoms with Crippen molar-refractivity contribution in [2.45, 2.75) is 6.42 Å². The van der Waals surface area contributed by atoms with E-state index in [-0.39, 0.29) is 34.9 Å². The second kappa shape index (κ2) is 4.46. The molecule has 1 saturated heterocycles. The van der Waals surface area contributed by atoms with Crippen molar-refractivity contribution in [2.24, 2.45) is 11.7 Å². The van der Waals surface area contributed by atoms with Crippen molar-refractivity contribution in [2.75, 3.05) is 11.4 Å². The summed E-state index contributed by atoms with van der Waals surface area (Å²) in [6, 6.07) is 0. The van der Waals surface area contributed by atoms with Gasteiger partial charge in [0.25, 0.3) is 0 Å². The first-order valence-electron chi connectivity index (χ1n) is 4.76. The zero-order chi connectivity index (χ0) is 12.6. The van der Waals surface area contributed by atoms with Crippen LogP contribution in [-0.4, -0.2) is 28.3 Å². The number of halogens is 2. The van der Waals surface area contributed by atoms with Crippen LogP contribution >= 0.6 is 23.2 Å². The lowest BCUT2D eigenvalue weighted by Gasteiger charge is -2.16. The summed E-state index contributed by atoms with van der Waals surface area (Å²) in [5.41, 5.74) is 5.16. The molecule has 0 spiro atoms. The molecule has 0 aliphatic carbocycles. The molecule has 1 fully saturated rings.